The van der Waals surface area contributed by atoms with Crippen molar-refractivity contribution >= 4 is 11.6 Å². The second-order valence-electron chi connectivity index (χ2n) is 7.55. The van der Waals surface area contributed by atoms with Crippen molar-refractivity contribution in [3.8, 4) is 0 Å². The summed E-state index contributed by atoms with van der Waals surface area (Å²) in [5.41, 5.74) is 0.822. The van der Waals surface area contributed by atoms with Gasteiger partial charge in [0.1, 0.15) is 0 Å². The van der Waals surface area contributed by atoms with Gasteiger partial charge >= 0.3 is 0 Å². The van der Waals surface area contributed by atoms with Crippen LogP contribution < -0.4 is 5.32 Å². The van der Waals surface area contributed by atoms with Crippen LogP contribution in [0.2, 0.25) is 0 Å². The number of hydrogen-bond acceptors (Lipinski definition) is 3. The van der Waals surface area contributed by atoms with Crippen LogP contribution in [-0.2, 0) is 4.79 Å². The lowest BCUT2D eigenvalue weighted by Crippen LogP contribution is -2.39. The molecule has 2 atom stereocenters. The topological polar surface area (TPSA) is 61.7 Å². The maximum atomic E-state index is 12.7. The van der Waals surface area contributed by atoms with Gasteiger partial charge in [-0.25, -0.2) is 0 Å². The summed E-state index contributed by atoms with van der Waals surface area (Å²) in [7, 11) is 0. The van der Waals surface area contributed by atoms with Gasteiger partial charge in [0.15, 0.2) is 0 Å². The first-order chi connectivity index (χ1) is 11.2. The highest BCUT2D eigenvalue weighted by Crippen LogP contribution is 2.29. The molecule has 2 aliphatic rings. The monoisotopic (exact) mass is 322 g/mol. The van der Waals surface area contributed by atoms with Gasteiger partial charge in [-0.05, 0) is 45.4 Å². The molecule has 0 aromatic rings. The molecular formula is C19H34N2O2. The Morgan fingerprint density at radius 1 is 0.826 bits per heavy atom. The van der Waals surface area contributed by atoms with E-state index in [1.165, 1.54) is 38.5 Å². The largest absolute Gasteiger partial charge is 0.411 e. The molecule has 0 spiro atoms. The first-order valence-electron chi connectivity index (χ1n) is 9.69. The highest BCUT2D eigenvalue weighted by molar-refractivity contribution is 5.84. The van der Waals surface area contributed by atoms with E-state index in [2.05, 4.69) is 10.5 Å². The average Bonchev–Trinajstić information content (AvgIpc) is 2.73. The molecule has 2 N–H and O–H groups in total. The third-order valence-corrected chi connectivity index (χ3v) is 5.79. The number of nitrogens with zero attached hydrogens (tertiary/aromatic N) is 1. The third-order valence-electron chi connectivity index (χ3n) is 5.79. The summed E-state index contributed by atoms with van der Waals surface area (Å²) < 4.78 is 0. The van der Waals surface area contributed by atoms with Crippen molar-refractivity contribution in [2.24, 2.45) is 17.0 Å². The first-order valence-corrected chi connectivity index (χ1v) is 9.69. The molecule has 0 bridgehead atoms. The Morgan fingerprint density at radius 2 is 1.39 bits per heavy atom. The minimum atomic E-state index is 0.152. The van der Waals surface area contributed by atoms with Gasteiger partial charge in [-0.3, -0.25) is 4.79 Å². The molecule has 2 unspecified atom stereocenters. The molecule has 2 rings (SSSR count). The smallest absolute Gasteiger partial charge is 0.223 e. The van der Waals surface area contributed by atoms with Crippen molar-refractivity contribution in [3.05, 3.63) is 0 Å². The number of hydrogen-bond donors (Lipinski definition) is 2. The van der Waals surface area contributed by atoms with E-state index in [0.29, 0.717) is 12.0 Å². The Bertz CT molecular complexity index is 385. The predicted octanol–water partition coefficient (Wildman–Crippen LogP) is 4.65. The van der Waals surface area contributed by atoms with E-state index in [0.717, 1.165) is 50.7 Å². The minimum absolute atomic E-state index is 0.152. The molecular weight excluding hydrogens is 288 g/mol. The first kappa shape index (κ1) is 18.3. The second-order valence-corrected chi connectivity index (χ2v) is 7.55. The van der Waals surface area contributed by atoms with Crippen LogP contribution in [0.4, 0.5) is 0 Å². The molecule has 2 fully saturated rings. The fourth-order valence-corrected chi connectivity index (χ4v) is 4.16. The Labute approximate surface area is 141 Å². The maximum Gasteiger partial charge on any atom is 0.223 e. The quantitative estimate of drug-likeness (QED) is 0.344. The second kappa shape index (κ2) is 9.94. The van der Waals surface area contributed by atoms with E-state index in [9.17, 15) is 4.79 Å². The lowest BCUT2D eigenvalue weighted by atomic mass is 9.94. The van der Waals surface area contributed by atoms with Gasteiger partial charge in [-0.1, -0.05) is 50.1 Å². The van der Waals surface area contributed by atoms with Crippen molar-refractivity contribution < 1.29 is 10.0 Å². The zero-order valence-corrected chi connectivity index (χ0v) is 14.7. The highest BCUT2D eigenvalue weighted by Gasteiger charge is 2.26. The Morgan fingerprint density at radius 3 is 2.04 bits per heavy atom. The van der Waals surface area contributed by atoms with Gasteiger partial charge in [0, 0.05) is 17.9 Å². The van der Waals surface area contributed by atoms with Gasteiger partial charge in [0.2, 0.25) is 5.91 Å². The zero-order chi connectivity index (χ0) is 16.5. The van der Waals surface area contributed by atoms with E-state index in [4.69, 9.17) is 5.21 Å². The molecule has 23 heavy (non-hydrogen) atoms. The lowest BCUT2D eigenvalue weighted by Gasteiger charge is -2.22. The molecule has 132 valence electrons. The van der Waals surface area contributed by atoms with Crippen LogP contribution in [0, 0.1) is 11.8 Å². The van der Waals surface area contributed by atoms with Crippen molar-refractivity contribution in [1.29, 1.82) is 0 Å². The minimum Gasteiger partial charge on any atom is -0.411 e. The van der Waals surface area contributed by atoms with Crippen molar-refractivity contribution in [1.82, 2.24) is 5.32 Å². The van der Waals surface area contributed by atoms with E-state index in [1.54, 1.807) is 0 Å². The van der Waals surface area contributed by atoms with Crippen LogP contribution in [0.5, 0.6) is 0 Å². The van der Waals surface area contributed by atoms with Crippen LogP contribution in [0.15, 0.2) is 5.16 Å². The standard InChI is InChI=1S/C19H34N2O2/c1-15(21-23)16-9-8-10-17(14-13-16)19(22)20-18-11-6-4-2-3-5-7-12-18/h16-18,23H,2-14H2,1H3,(H,20,22)/b21-15+. The van der Waals surface area contributed by atoms with Gasteiger partial charge in [0.05, 0.1) is 5.71 Å². The number of carbonyl (C=O) groups is 1. The van der Waals surface area contributed by atoms with Gasteiger partial charge < -0.3 is 10.5 Å². The summed E-state index contributed by atoms with van der Waals surface area (Å²) in [5, 5.41) is 15.7. The van der Waals surface area contributed by atoms with Gasteiger partial charge in [0.25, 0.3) is 0 Å². The molecule has 4 heteroatoms. The molecule has 0 aromatic carbocycles. The zero-order valence-electron chi connectivity index (χ0n) is 14.7. The number of carbonyl (C=O) groups excluding carboxylic acids is 1. The number of nitrogens with one attached hydrogen (secondary N) is 1. The summed E-state index contributed by atoms with van der Waals surface area (Å²) in [6, 6.07) is 0.389. The van der Waals surface area contributed by atoms with E-state index < -0.39 is 0 Å². The molecule has 0 aromatic heterocycles. The van der Waals surface area contributed by atoms with Crippen molar-refractivity contribution in [2.45, 2.75) is 96.4 Å². The molecule has 4 nitrogen and oxygen atoms in total. The van der Waals surface area contributed by atoms with E-state index >= 15 is 0 Å². The summed E-state index contributed by atoms with van der Waals surface area (Å²) in [5.74, 6) is 0.773. The van der Waals surface area contributed by atoms with E-state index in [1.807, 2.05) is 6.92 Å². The van der Waals surface area contributed by atoms with E-state index in [-0.39, 0.29) is 11.8 Å². The number of amides is 1. The van der Waals surface area contributed by atoms with Crippen LogP contribution in [0.25, 0.3) is 0 Å². The Kier molecular flexibility index (Phi) is 7.90. The predicted molar refractivity (Wildman–Crippen MR) is 93.8 cm³/mol. The van der Waals surface area contributed by atoms with Crippen molar-refractivity contribution in [2.75, 3.05) is 0 Å². The maximum absolute atomic E-state index is 12.7. The van der Waals surface area contributed by atoms with Crippen molar-refractivity contribution in [3.63, 3.8) is 0 Å². The highest BCUT2D eigenvalue weighted by atomic mass is 16.4. The molecule has 1 amide bonds. The fourth-order valence-electron chi connectivity index (χ4n) is 4.16. The molecule has 0 aliphatic heterocycles. The normalized spacial score (nSPS) is 29.0. The molecule has 0 radical (unpaired) electrons. The van der Waals surface area contributed by atoms with Gasteiger partial charge in [-0.2, -0.15) is 0 Å². The Hall–Kier alpha value is -1.06. The average molecular weight is 322 g/mol. The van der Waals surface area contributed by atoms with Crippen LogP contribution in [0.1, 0.15) is 90.4 Å². The molecule has 0 heterocycles. The summed E-state index contributed by atoms with van der Waals surface area (Å²) in [6.45, 7) is 1.89. The Balaban J connectivity index is 1.82. The number of rotatable bonds is 3. The van der Waals surface area contributed by atoms with Crippen LogP contribution in [-0.4, -0.2) is 22.9 Å². The third kappa shape index (κ3) is 6.15. The lowest BCUT2D eigenvalue weighted by molar-refractivity contribution is -0.126. The van der Waals surface area contributed by atoms with Gasteiger partial charge in [-0.15, -0.1) is 0 Å². The molecule has 2 saturated carbocycles. The fraction of sp³-hybridized carbons (Fsp3) is 0.895. The summed E-state index contributed by atoms with van der Waals surface area (Å²) >= 11 is 0. The van der Waals surface area contributed by atoms with Crippen LogP contribution in [0.3, 0.4) is 0 Å². The van der Waals surface area contributed by atoms with Crippen LogP contribution >= 0.6 is 0 Å². The summed E-state index contributed by atoms with van der Waals surface area (Å²) in [4.78, 5) is 12.7. The SMILES string of the molecule is C/C(=N\O)C1CCCC(C(=O)NC2CCCCCCCC2)CC1. The molecule has 0 saturated heterocycles. The number of oxime groups is 1. The molecule has 2 aliphatic carbocycles. The summed E-state index contributed by atoms with van der Waals surface area (Å²) in [6.07, 6.45) is 15.1.